The molecule has 0 N–H and O–H groups in total. The lowest BCUT2D eigenvalue weighted by atomic mass is 10.1. The summed E-state index contributed by atoms with van der Waals surface area (Å²) in [5, 5.41) is 18.0. The molecule has 4 aromatic rings. The van der Waals surface area contributed by atoms with Crippen molar-refractivity contribution in [3.8, 4) is 11.8 Å². The van der Waals surface area contributed by atoms with E-state index in [-0.39, 0.29) is 24.0 Å². The van der Waals surface area contributed by atoms with Crippen molar-refractivity contribution in [2.45, 2.75) is 31.6 Å². The number of thioether (sulfide) groups is 1. The van der Waals surface area contributed by atoms with Crippen molar-refractivity contribution >= 4 is 17.7 Å². The molecule has 4 rings (SSSR count). The molecule has 1 heterocycles. The van der Waals surface area contributed by atoms with Crippen molar-refractivity contribution in [3.63, 3.8) is 0 Å². The summed E-state index contributed by atoms with van der Waals surface area (Å²) in [6.45, 7) is 2.70. The fourth-order valence-electron chi connectivity index (χ4n) is 3.74. The van der Waals surface area contributed by atoms with Crippen LogP contribution in [-0.2, 0) is 24.3 Å². The molecular weight excluding hydrogens is 461 g/mol. The molecular formula is C27H24FN5OS. The van der Waals surface area contributed by atoms with Gasteiger partial charge in [0.1, 0.15) is 12.1 Å². The van der Waals surface area contributed by atoms with Gasteiger partial charge in [0.2, 0.25) is 5.91 Å². The van der Waals surface area contributed by atoms with E-state index < -0.39 is 0 Å². The van der Waals surface area contributed by atoms with Crippen LogP contribution < -0.4 is 0 Å². The number of benzene rings is 3. The lowest BCUT2D eigenvalue weighted by molar-refractivity contribution is -0.129. The minimum Gasteiger partial charge on any atom is -0.333 e. The van der Waals surface area contributed by atoms with Gasteiger partial charge in [0.25, 0.3) is 0 Å². The Morgan fingerprint density at radius 3 is 2.57 bits per heavy atom. The molecule has 0 aliphatic heterocycles. The number of carbonyl (C=O) groups excluding carboxylic acids is 1. The Labute approximate surface area is 208 Å². The summed E-state index contributed by atoms with van der Waals surface area (Å²) >= 11 is 1.32. The van der Waals surface area contributed by atoms with E-state index in [1.54, 1.807) is 35.5 Å². The first-order valence-electron chi connectivity index (χ1n) is 11.2. The number of para-hydroxylation sites is 1. The molecule has 0 saturated heterocycles. The number of aromatic nitrogens is 3. The first kappa shape index (κ1) is 24.2. The fourth-order valence-corrected chi connectivity index (χ4v) is 4.57. The molecule has 8 heteroatoms. The van der Waals surface area contributed by atoms with Crippen molar-refractivity contribution in [2.24, 2.45) is 0 Å². The Morgan fingerprint density at radius 2 is 1.83 bits per heavy atom. The fraction of sp³-hybridized carbons (Fsp3) is 0.185. The smallest absolute Gasteiger partial charge is 0.233 e. The number of aryl methyl sites for hydroxylation is 1. The molecule has 35 heavy (non-hydrogen) atoms. The van der Waals surface area contributed by atoms with E-state index in [4.69, 9.17) is 5.26 Å². The highest BCUT2D eigenvalue weighted by Crippen LogP contribution is 2.23. The molecule has 0 aliphatic carbocycles. The van der Waals surface area contributed by atoms with Gasteiger partial charge in [0, 0.05) is 13.1 Å². The molecule has 0 saturated carbocycles. The zero-order valence-electron chi connectivity index (χ0n) is 19.3. The lowest BCUT2D eigenvalue weighted by Crippen LogP contribution is -2.31. The molecule has 176 valence electrons. The van der Waals surface area contributed by atoms with Crippen LogP contribution in [0.1, 0.15) is 29.2 Å². The molecule has 0 atom stereocenters. The largest absolute Gasteiger partial charge is 0.333 e. The zero-order chi connectivity index (χ0) is 24.6. The summed E-state index contributed by atoms with van der Waals surface area (Å²) in [4.78, 5) is 15.0. The molecule has 0 fully saturated rings. The Hall–Kier alpha value is -3.96. The first-order chi connectivity index (χ1) is 17.1. The number of nitriles is 1. The quantitative estimate of drug-likeness (QED) is 0.306. The van der Waals surface area contributed by atoms with E-state index in [1.165, 1.54) is 23.9 Å². The van der Waals surface area contributed by atoms with Crippen LogP contribution in [0.25, 0.3) is 5.69 Å². The number of amides is 1. The van der Waals surface area contributed by atoms with E-state index in [0.717, 1.165) is 23.2 Å². The normalized spacial score (nSPS) is 10.7. The van der Waals surface area contributed by atoms with E-state index in [9.17, 15) is 9.18 Å². The standard InChI is InChI=1S/C27H24FN5OS/c1-2-23-7-3-4-9-25(23)33-19-30-31-27(33)35-18-26(34)32(17-22-6-5-8-24(28)14-22)16-21-12-10-20(15-29)11-13-21/h3-14,19H,2,16-18H2,1H3. The highest BCUT2D eigenvalue weighted by molar-refractivity contribution is 7.99. The average Bonchev–Trinajstić information content (AvgIpc) is 3.36. The van der Waals surface area contributed by atoms with Crippen molar-refractivity contribution in [1.29, 1.82) is 5.26 Å². The number of carbonyl (C=O) groups is 1. The van der Waals surface area contributed by atoms with Gasteiger partial charge in [0.15, 0.2) is 5.16 Å². The topological polar surface area (TPSA) is 74.8 Å². The predicted molar refractivity (Wildman–Crippen MR) is 133 cm³/mol. The summed E-state index contributed by atoms with van der Waals surface area (Å²) in [6.07, 6.45) is 2.52. The highest BCUT2D eigenvalue weighted by Gasteiger charge is 2.18. The van der Waals surface area contributed by atoms with Crippen LogP contribution in [-0.4, -0.2) is 31.3 Å². The van der Waals surface area contributed by atoms with Crippen LogP contribution in [0, 0.1) is 17.1 Å². The SMILES string of the molecule is CCc1ccccc1-n1cnnc1SCC(=O)N(Cc1ccc(C#N)cc1)Cc1cccc(F)c1. The Morgan fingerprint density at radius 1 is 1.06 bits per heavy atom. The van der Waals surface area contributed by atoms with Gasteiger partial charge in [-0.1, -0.05) is 61.2 Å². The van der Waals surface area contributed by atoms with Gasteiger partial charge >= 0.3 is 0 Å². The third-order valence-electron chi connectivity index (χ3n) is 5.54. The van der Waals surface area contributed by atoms with E-state index in [2.05, 4.69) is 29.3 Å². The minimum absolute atomic E-state index is 0.109. The van der Waals surface area contributed by atoms with Crippen LogP contribution >= 0.6 is 11.8 Å². The maximum atomic E-state index is 13.8. The van der Waals surface area contributed by atoms with Crippen LogP contribution in [0.4, 0.5) is 4.39 Å². The van der Waals surface area contributed by atoms with Gasteiger partial charge in [-0.05, 0) is 53.4 Å². The van der Waals surface area contributed by atoms with Crippen molar-refractivity contribution in [3.05, 3.63) is 107 Å². The molecule has 1 aromatic heterocycles. The van der Waals surface area contributed by atoms with Crippen LogP contribution in [0.5, 0.6) is 0 Å². The third-order valence-corrected chi connectivity index (χ3v) is 6.47. The first-order valence-corrected chi connectivity index (χ1v) is 12.2. The summed E-state index contributed by atoms with van der Waals surface area (Å²) in [5.74, 6) is -0.300. The molecule has 0 bridgehead atoms. The number of rotatable bonds is 9. The van der Waals surface area contributed by atoms with Gasteiger partial charge < -0.3 is 4.90 Å². The van der Waals surface area contributed by atoms with Gasteiger partial charge in [0.05, 0.1) is 23.1 Å². The minimum atomic E-state index is -0.342. The van der Waals surface area contributed by atoms with Crippen LogP contribution in [0.3, 0.4) is 0 Å². The maximum Gasteiger partial charge on any atom is 0.233 e. The van der Waals surface area contributed by atoms with Gasteiger partial charge in [-0.3, -0.25) is 9.36 Å². The molecule has 0 radical (unpaired) electrons. The molecule has 6 nitrogen and oxygen atoms in total. The Balaban J connectivity index is 1.52. The second-order valence-electron chi connectivity index (χ2n) is 7.94. The number of hydrogen-bond acceptors (Lipinski definition) is 5. The predicted octanol–water partition coefficient (Wildman–Crippen LogP) is 5.16. The Kier molecular flexibility index (Phi) is 7.91. The molecule has 3 aromatic carbocycles. The molecule has 1 amide bonds. The average molecular weight is 486 g/mol. The second kappa shape index (κ2) is 11.4. The van der Waals surface area contributed by atoms with Gasteiger partial charge in [-0.15, -0.1) is 10.2 Å². The van der Waals surface area contributed by atoms with E-state index in [0.29, 0.717) is 22.8 Å². The van der Waals surface area contributed by atoms with E-state index >= 15 is 0 Å². The molecule has 0 spiro atoms. The zero-order valence-corrected chi connectivity index (χ0v) is 20.1. The summed E-state index contributed by atoms with van der Waals surface area (Å²) in [5.41, 5.74) is 4.30. The maximum absolute atomic E-state index is 13.8. The lowest BCUT2D eigenvalue weighted by Gasteiger charge is -2.23. The highest BCUT2D eigenvalue weighted by atomic mass is 32.2. The third kappa shape index (κ3) is 6.14. The number of halogens is 1. The summed E-state index contributed by atoms with van der Waals surface area (Å²) in [7, 11) is 0. The second-order valence-corrected chi connectivity index (χ2v) is 8.89. The Bertz CT molecular complexity index is 1350. The van der Waals surface area contributed by atoms with Crippen molar-refractivity contribution < 1.29 is 9.18 Å². The summed E-state index contributed by atoms with van der Waals surface area (Å²) in [6, 6.07) is 23.5. The summed E-state index contributed by atoms with van der Waals surface area (Å²) < 4.78 is 15.7. The van der Waals surface area contributed by atoms with E-state index in [1.807, 2.05) is 34.9 Å². The monoisotopic (exact) mass is 485 g/mol. The number of hydrogen-bond donors (Lipinski definition) is 0. The molecule has 0 aliphatic rings. The van der Waals surface area contributed by atoms with Crippen molar-refractivity contribution in [1.82, 2.24) is 19.7 Å². The van der Waals surface area contributed by atoms with Crippen LogP contribution in [0.2, 0.25) is 0 Å². The van der Waals surface area contributed by atoms with Gasteiger partial charge in [-0.25, -0.2) is 4.39 Å². The van der Waals surface area contributed by atoms with Crippen molar-refractivity contribution in [2.75, 3.05) is 5.75 Å². The molecule has 0 unspecified atom stereocenters. The van der Waals surface area contributed by atoms with Crippen LogP contribution in [0.15, 0.2) is 84.3 Å². The number of nitrogens with zero attached hydrogens (tertiary/aromatic N) is 5. The van der Waals surface area contributed by atoms with Gasteiger partial charge in [-0.2, -0.15) is 5.26 Å².